The number of hydrogen-bond donors (Lipinski definition) is 3. The molecular formula is C9H19N3O2. The molecule has 0 aromatic heterocycles. The molecule has 0 saturated carbocycles. The average molecular weight is 201 g/mol. The van der Waals surface area contributed by atoms with Gasteiger partial charge >= 0.3 is 6.03 Å². The molecule has 0 aliphatic carbocycles. The van der Waals surface area contributed by atoms with Gasteiger partial charge in [-0.3, -0.25) is 4.90 Å². The topological polar surface area (TPSA) is 64.6 Å². The molecular weight excluding hydrogens is 182 g/mol. The SMILES string of the molecule is CNC(=O)NC1CCCN(CCO)C1. The van der Waals surface area contributed by atoms with Crippen LogP contribution in [0, 0.1) is 0 Å². The van der Waals surface area contributed by atoms with Gasteiger partial charge in [0.2, 0.25) is 0 Å². The van der Waals surface area contributed by atoms with E-state index in [2.05, 4.69) is 15.5 Å². The van der Waals surface area contributed by atoms with Crippen molar-refractivity contribution in [3.63, 3.8) is 0 Å². The third-order valence-corrected chi connectivity index (χ3v) is 2.48. The Kier molecular flexibility index (Phi) is 4.69. The van der Waals surface area contributed by atoms with E-state index in [1.165, 1.54) is 0 Å². The van der Waals surface area contributed by atoms with Crippen LogP contribution in [-0.2, 0) is 0 Å². The van der Waals surface area contributed by atoms with Gasteiger partial charge in [0.15, 0.2) is 0 Å². The van der Waals surface area contributed by atoms with Gasteiger partial charge in [-0.2, -0.15) is 0 Å². The number of likely N-dealkylation sites (tertiary alicyclic amines) is 1. The summed E-state index contributed by atoms with van der Waals surface area (Å²) in [5.74, 6) is 0. The van der Waals surface area contributed by atoms with E-state index >= 15 is 0 Å². The van der Waals surface area contributed by atoms with Gasteiger partial charge in [0.05, 0.1) is 6.61 Å². The van der Waals surface area contributed by atoms with Crippen LogP contribution in [0.4, 0.5) is 4.79 Å². The lowest BCUT2D eigenvalue weighted by Crippen LogP contribution is -2.50. The number of carbonyl (C=O) groups is 1. The van der Waals surface area contributed by atoms with Crippen LogP contribution in [0.1, 0.15) is 12.8 Å². The lowest BCUT2D eigenvalue weighted by atomic mass is 10.1. The number of urea groups is 1. The molecule has 1 aliphatic heterocycles. The highest BCUT2D eigenvalue weighted by Gasteiger charge is 2.20. The lowest BCUT2D eigenvalue weighted by Gasteiger charge is -2.32. The summed E-state index contributed by atoms with van der Waals surface area (Å²) < 4.78 is 0. The number of nitrogens with zero attached hydrogens (tertiary/aromatic N) is 1. The summed E-state index contributed by atoms with van der Waals surface area (Å²) in [6, 6.07) is 0.0936. The largest absolute Gasteiger partial charge is 0.395 e. The molecule has 1 heterocycles. The molecule has 1 rings (SSSR count). The van der Waals surface area contributed by atoms with E-state index in [1.807, 2.05) is 0 Å². The van der Waals surface area contributed by atoms with E-state index in [0.29, 0.717) is 6.54 Å². The van der Waals surface area contributed by atoms with E-state index < -0.39 is 0 Å². The first kappa shape index (κ1) is 11.3. The van der Waals surface area contributed by atoms with Crippen LogP contribution in [-0.4, -0.2) is 55.4 Å². The summed E-state index contributed by atoms with van der Waals surface area (Å²) in [5.41, 5.74) is 0. The van der Waals surface area contributed by atoms with Crippen LogP contribution in [0.2, 0.25) is 0 Å². The summed E-state index contributed by atoms with van der Waals surface area (Å²) in [6.07, 6.45) is 2.10. The van der Waals surface area contributed by atoms with Crippen LogP contribution < -0.4 is 10.6 Å². The second-order valence-corrected chi connectivity index (χ2v) is 3.59. The third-order valence-electron chi connectivity index (χ3n) is 2.48. The number of hydrogen-bond acceptors (Lipinski definition) is 3. The molecule has 0 bridgehead atoms. The highest BCUT2D eigenvalue weighted by atomic mass is 16.3. The molecule has 1 fully saturated rings. The van der Waals surface area contributed by atoms with Crippen molar-refractivity contribution in [1.82, 2.24) is 15.5 Å². The molecule has 0 radical (unpaired) electrons. The molecule has 0 spiro atoms. The van der Waals surface area contributed by atoms with Crippen LogP contribution in [0.25, 0.3) is 0 Å². The Hall–Kier alpha value is -0.810. The predicted molar refractivity (Wildman–Crippen MR) is 54.1 cm³/mol. The summed E-state index contributed by atoms with van der Waals surface area (Å²) in [4.78, 5) is 13.2. The molecule has 0 aromatic rings. The zero-order valence-electron chi connectivity index (χ0n) is 8.62. The van der Waals surface area contributed by atoms with Crippen molar-refractivity contribution in [2.24, 2.45) is 0 Å². The fourth-order valence-electron chi connectivity index (χ4n) is 1.78. The first-order valence-corrected chi connectivity index (χ1v) is 5.07. The Bertz CT molecular complexity index is 185. The molecule has 5 nitrogen and oxygen atoms in total. The van der Waals surface area contributed by atoms with Gasteiger partial charge in [0, 0.05) is 26.2 Å². The van der Waals surface area contributed by atoms with E-state index in [9.17, 15) is 4.79 Å². The monoisotopic (exact) mass is 201 g/mol. The smallest absolute Gasteiger partial charge is 0.314 e. The van der Waals surface area contributed by atoms with Crippen molar-refractivity contribution < 1.29 is 9.90 Å². The number of rotatable bonds is 3. The minimum atomic E-state index is -0.124. The maximum absolute atomic E-state index is 11.1. The summed E-state index contributed by atoms with van der Waals surface area (Å²) >= 11 is 0. The zero-order valence-corrected chi connectivity index (χ0v) is 8.62. The third kappa shape index (κ3) is 3.51. The van der Waals surface area contributed by atoms with Crippen molar-refractivity contribution in [2.45, 2.75) is 18.9 Å². The number of amides is 2. The van der Waals surface area contributed by atoms with Gasteiger partial charge in [-0.05, 0) is 19.4 Å². The van der Waals surface area contributed by atoms with Crippen molar-refractivity contribution in [2.75, 3.05) is 33.3 Å². The van der Waals surface area contributed by atoms with Gasteiger partial charge < -0.3 is 15.7 Å². The molecule has 5 heteroatoms. The maximum Gasteiger partial charge on any atom is 0.314 e. The molecule has 14 heavy (non-hydrogen) atoms. The van der Waals surface area contributed by atoms with Gasteiger partial charge in [-0.15, -0.1) is 0 Å². The van der Waals surface area contributed by atoms with E-state index in [1.54, 1.807) is 7.05 Å². The van der Waals surface area contributed by atoms with Crippen molar-refractivity contribution in [3.8, 4) is 0 Å². The number of piperidine rings is 1. The number of aliphatic hydroxyl groups excluding tert-OH is 1. The molecule has 1 saturated heterocycles. The first-order chi connectivity index (χ1) is 6.76. The summed E-state index contributed by atoms with van der Waals surface area (Å²) in [5, 5.41) is 14.2. The molecule has 0 aromatic carbocycles. The molecule has 1 aliphatic rings. The molecule has 2 amide bonds. The van der Waals surface area contributed by atoms with Crippen LogP contribution in [0.3, 0.4) is 0 Å². The Balaban J connectivity index is 2.28. The summed E-state index contributed by atoms with van der Waals surface area (Å²) in [6.45, 7) is 2.75. The van der Waals surface area contributed by atoms with Gasteiger partial charge in [-0.1, -0.05) is 0 Å². The van der Waals surface area contributed by atoms with Gasteiger partial charge in [-0.25, -0.2) is 4.79 Å². The van der Waals surface area contributed by atoms with Crippen molar-refractivity contribution in [1.29, 1.82) is 0 Å². The molecule has 1 atom stereocenters. The van der Waals surface area contributed by atoms with Crippen LogP contribution >= 0.6 is 0 Å². The highest BCUT2D eigenvalue weighted by molar-refractivity contribution is 5.73. The van der Waals surface area contributed by atoms with E-state index in [4.69, 9.17) is 5.11 Å². The van der Waals surface area contributed by atoms with Crippen molar-refractivity contribution >= 4 is 6.03 Å². The molecule has 3 N–H and O–H groups in total. The number of nitrogens with one attached hydrogen (secondary N) is 2. The second-order valence-electron chi connectivity index (χ2n) is 3.59. The van der Waals surface area contributed by atoms with Crippen LogP contribution in [0.5, 0.6) is 0 Å². The maximum atomic E-state index is 11.1. The quantitative estimate of drug-likeness (QED) is 0.570. The van der Waals surface area contributed by atoms with Crippen molar-refractivity contribution in [3.05, 3.63) is 0 Å². The standard InChI is InChI=1S/C9H19N3O2/c1-10-9(14)11-8-3-2-4-12(7-8)5-6-13/h8,13H,2-7H2,1H3,(H2,10,11,14). The Labute approximate surface area is 84.5 Å². The number of carbonyl (C=O) groups excluding carboxylic acids is 1. The fraction of sp³-hybridized carbons (Fsp3) is 0.889. The average Bonchev–Trinajstić information content (AvgIpc) is 2.19. The zero-order chi connectivity index (χ0) is 10.4. The minimum absolute atomic E-state index is 0.124. The van der Waals surface area contributed by atoms with Gasteiger partial charge in [0.1, 0.15) is 0 Å². The number of β-amino-alcohol motifs (C(OH)–C–C–N with tert-alkyl or cyclic N) is 1. The summed E-state index contributed by atoms with van der Waals surface area (Å²) in [7, 11) is 1.61. The Morgan fingerprint density at radius 1 is 1.64 bits per heavy atom. The normalized spacial score (nSPS) is 23.1. The number of aliphatic hydroxyl groups is 1. The van der Waals surface area contributed by atoms with E-state index in [-0.39, 0.29) is 18.7 Å². The minimum Gasteiger partial charge on any atom is -0.395 e. The molecule has 1 unspecified atom stereocenters. The Morgan fingerprint density at radius 2 is 2.43 bits per heavy atom. The first-order valence-electron chi connectivity index (χ1n) is 5.07. The second kappa shape index (κ2) is 5.82. The highest BCUT2D eigenvalue weighted by Crippen LogP contribution is 2.09. The van der Waals surface area contributed by atoms with Gasteiger partial charge in [0.25, 0.3) is 0 Å². The van der Waals surface area contributed by atoms with E-state index in [0.717, 1.165) is 25.9 Å². The fourth-order valence-corrected chi connectivity index (χ4v) is 1.78. The molecule has 82 valence electrons. The van der Waals surface area contributed by atoms with Crippen LogP contribution in [0.15, 0.2) is 0 Å². The lowest BCUT2D eigenvalue weighted by molar-refractivity contribution is 0.152. The Morgan fingerprint density at radius 3 is 3.07 bits per heavy atom. The predicted octanol–water partition coefficient (Wildman–Crippen LogP) is -0.628.